The molecule has 1 atom stereocenters. The standard InChI is InChI=1S/C27H31N5O3/c1-4-35-22-14-12-21(13-15-22)31-17-19(2)18-32-23-24(28-26(31)32)29(3)27(34)30(25(23)33)16-8-11-20-9-6-5-7-10-20/h5-7,9-10,12-15,19H,4,8,11,16-18H2,1-3H3/t19-/m0/s1. The van der Waals surface area contributed by atoms with Gasteiger partial charge in [0.2, 0.25) is 5.95 Å². The largest absolute Gasteiger partial charge is 0.494 e. The maximum absolute atomic E-state index is 13.6. The molecule has 0 aliphatic carbocycles. The van der Waals surface area contributed by atoms with Crippen molar-refractivity contribution >= 4 is 22.8 Å². The molecule has 182 valence electrons. The molecule has 2 aromatic heterocycles. The monoisotopic (exact) mass is 473 g/mol. The molecule has 0 fully saturated rings. The number of nitrogens with zero attached hydrogens (tertiary/aromatic N) is 5. The number of anilines is 2. The van der Waals surface area contributed by atoms with E-state index in [2.05, 4.69) is 24.0 Å². The number of ether oxygens (including phenoxy) is 1. The normalized spacial score (nSPS) is 15.4. The van der Waals surface area contributed by atoms with Crippen molar-refractivity contribution in [3.05, 3.63) is 81.0 Å². The molecule has 0 N–H and O–H groups in total. The third-order valence-corrected chi connectivity index (χ3v) is 6.59. The van der Waals surface area contributed by atoms with Crippen molar-refractivity contribution in [2.75, 3.05) is 18.1 Å². The van der Waals surface area contributed by atoms with Gasteiger partial charge in [0.05, 0.1) is 6.61 Å². The highest BCUT2D eigenvalue weighted by atomic mass is 16.5. The van der Waals surface area contributed by atoms with Crippen LogP contribution in [0.5, 0.6) is 5.75 Å². The van der Waals surface area contributed by atoms with E-state index in [1.165, 1.54) is 14.7 Å². The van der Waals surface area contributed by atoms with Gasteiger partial charge in [-0.2, -0.15) is 4.98 Å². The Bertz CT molecular complexity index is 1450. The van der Waals surface area contributed by atoms with Crippen LogP contribution in [0.2, 0.25) is 0 Å². The molecule has 0 amide bonds. The summed E-state index contributed by atoms with van der Waals surface area (Å²) in [6, 6.07) is 18.0. The van der Waals surface area contributed by atoms with Crippen molar-refractivity contribution in [3.63, 3.8) is 0 Å². The number of benzene rings is 2. The van der Waals surface area contributed by atoms with Crippen molar-refractivity contribution in [1.82, 2.24) is 18.7 Å². The minimum atomic E-state index is -0.327. The van der Waals surface area contributed by atoms with Crippen LogP contribution in [0.1, 0.15) is 25.8 Å². The van der Waals surface area contributed by atoms with Crippen molar-refractivity contribution in [3.8, 4) is 5.75 Å². The molecule has 0 unspecified atom stereocenters. The highest BCUT2D eigenvalue weighted by Crippen LogP contribution is 2.33. The van der Waals surface area contributed by atoms with Gasteiger partial charge in [-0.05, 0) is 55.5 Å². The van der Waals surface area contributed by atoms with Gasteiger partial charge in [0.25, 0.3) is 5.56 Å². The molecule has 1 aliphatic heterocycles. The van der Waals surface area contributed by atoms with Crippen LogP contribution in [-0.2, 0) is 26.6 Å². The summed E-state index contributed by atoms with van der Waals surface area (Å²) in [5.41, 5.74) is 2.50. The Hall–Kier alpha value is -3.81. The van der Waals surface area contributed by atoms with Crippen molar-refractivity contribution in [1.29, 1.82) is 0 Å². The van der Waals surface area contributed by atoms with Crippen LogP contribution >= 0.6 is 0 Å². The first-order valence-electron chi connectivity index (χ1n) is 12.2. The minimum Gasteiger partial charge on any atom is -0.494 e. The average molecular weight is 474 g/mol. The van der Waals surface area contributed by atoms with Crippen molar-refractivity contribution < 1.29 is 4.74 Å². The molecule has 1 aliphatic rings. The molecule has 8 heteroatoms. The van der Waals surface area contributed by atoms with Crippen molar-refractivity contribution in [2.24, 2.45) is 13.0 Å². The number of rotatable bonds is 7. The number of aromatic nitrogens is 4. The van der Waals surface area contributed by atoms with Gasteiger partial charge in [-0.3, -0.25) is 13.9 Å². The molecule has 0 saturated heterocycles. The third-order valence-electron chi connectivity index (χ3n) is 6.59. The lowest BCUT2D eigenvalue weighted by Gasteiger charge is -2.33. The number of aryl methyl sites for hydroxylation is 2. The summed E-state index contributed by atoms with van der Waals surface area (Å²) < 4.78 is 10.4. The topological polar surface area (TPSA) is 74.3 Å². The molecule has 2 aromatic carbocycles. The van der Waals surface area contributed by atoms with E-state index in [-0.39, 0.29) is 11.2 Å². The zero-order valence-corrected chi connectivity index (χ0v) is 20.5. The second-order valence-corrected chi connectivity index (χ2v) is 9.22. The Morgan fingerprint density at radius 1 is 1.03 bits per heavy atom. The summed E-state index contributed by atoms with van der Waals surface area (Å²) >= 11 is 0. The minimum absolute atomic E-state index is 0.268. The first-order chi connectivity index (χ1) is 17.0. The smallest absolute Gasteiger partial charge is 0.332 e. The van der Waals surface area contributed by atoms with Crippen LogP contribution in [-0.4, -0.2) is 31.8 Å². The Balaban J connectivity index is 1.54. The molecule has 0 saturated carbocycles. The lowest BCUT2D eigenvalue weighted by molar-refractivity contribution is 0.340. The van der Waals surface area contributed by atoms with Gasteiger partial charge in [-0.1, -0.05) is 37.3 Å². The third kappa shape index (κ3) is 4.24. The van der Waals surface area contributed by atoms with E-state index in [4.69, 9.17) is 9.72 Å². The Kier molecular flexibility index (Phi) is 6.19. The zero-order valence-electron chi connectivity index (χ0n) is 20.5. The number of hydrogen-bond donors (Lipinski definition) is 0. The molecule has 8 nitrogen and oxygen atoms in total. The quantitative estimate of drug-likeness (QED) is 0.409. The lowest BCUT2D eigenvalue weighted by Crippen LogP contribution is -2.40. The van der Waals surface area contributed by atoms with Gasteiger partial charge < -0.3 is 14.2 Å². The van der Waals surface area contributed by atoms with Crippen LogP contribution in [0.25, 0.3) is 11.2 Å². The Morgan fingerprint density at radius 3 is 2.49 bits per heavy atom. The van der Waals surface area contributed by atoms with Crippen LogP contribution in [0.15, 0.2) is 64.2 Å². The summed E-state index contributed by atoms with van der Waals surface area (Å²) in [6.45, 7) is 6.56. The van der Waals surface area contributed by atoms with Gasteiger partial charge in [-0.25, -0.2) is 4.79 Å². The molecule has 0 radical (unpaired) electrons. The van der Waals surface area contributed by atoms with Gasteiger partial charge >= 0.3 is 5.69 Å². The molecular formula is C27H31N5O3. The predicted molar refractivity (Wildman–Crippen MR) is 138 cm³/mol. The van der Waals surface area contributed by atoms with Crippen LogP contribution in [0, 0.1) is 5.92 Å². The van der Waals surface area contributed by atoms with Crippen molar-refractivity contribution in [2.45, 2.75) is 39.8 Å². The van der Waals surface area contributed by atoms with E-state index in [1.54, 1.807) is 7.05 Å². The number of hydrogen-bond acceptors (Lipinski definition) is 5. The first kappa shape index (κ1) is 23.0. The fourth-order valence-electron chi connectivity index (χ4n) is 4.89. The van der Waals surface area contributed by atoms with Crippen LogP contribution in [0.3, 0.4) is 0 Å². The molecular weight excluding hydrogens is 442 g/mol. The highest BCUT2D eigenvalue weighted by molar-refractivity contribution is 5.77. The highest BCUT2D eigenvalue weighted by Gasteiger charge is 2.29. The van der Waals surface area contributed by atoms with E-state index in [0.29, 0.717) is 49.1 Å². The summed E-state index contributed by atoms with van der Waals surface area (Å²) in [4.78, 5) is 33.6. The van der Waals surface area contributed by atoms with Crippen LogP contribution in [0.4, 0.5) is 11.6 Å². The lowest BCUT2D eigenvalue weighted by atomic mass is 10.1. The summed E-state index contributed by atoms with van der Waals surface area (Å²) in [5.74, 6) is 1.81. The van der Waals surface area contributed by atoms with Crippen LogP contribution < -0.4 is 20.9 Å². The van der Waals surface area contributed by atoms with Gasteiger partial charge in [0.15, 0.2) is 11.2 Å². The Labute approximate surface area is 204 Å². The number of imidazole rings is 1. The molecule has 0 bridgehead atoms. The molecule has 4 aromatic rings. The van der Waals surface area contributed by atoms with Gasteiger partial charge in [0.1, 0.15) is 5.75 Å². The summed E-state index contributed by atoms with van der Waals surface area (Å²) in [6.07, 6.45) is 1.52. The fraction of sp³-hybridized carbons (Fsp3) is 0.370. The second kappa shape index (κ2) is 9.44. The van der Waals surface area contributed by atoms with E-state index >= 15 is 0 Å². The predicted octanol–water partition coefficient (Wildman–Crippen LogP) is 3.72. The molecule has 5 rings (SSSR count). The summed E-state index contributed by atoms with van der Waals surface area (Å²) in [5, 5.41) is 0. The first-order valence-corrected chi connectivity index (χ1v) is 12.2. The fourth-order valence-corrected chi connectivity index (χ4v) is 4.89. The molecule has 35 heavy (non-hydrogen) atoms. The molecule has 3 heterocycles. The SMILES string of the molecule is CCOc1ccc(N2C[C@H](C)Cn3c2nc2c3c(=O)n(CCCc3ccccc3)c(=O)n2C)cc1. The molecule has 0 spiro atoms. The van der Waals surface area contributed by atoms with E-state index in [9.17, 15) is 9.59 Å². The van der Waals surface area contributed by atoms with E-state index in [0.717, 1.165) is 24.4 Å². The Morgan fingerprint density at radius 2 is 1.77 bits per heavy atom. The summed E-state index contributed by atoms with van der Waals surface area (Å²) in [7, 11) is 1.70. The second-order valence-electron chi connectivity index (χ2n) is 9.22. The maximum Gasteiger partial charge on any atom is 0.332 e. The number of fused-ring (bicyclic) bond motifs is 3. The zero-order chi connectivity index (χ0) is 24.5. The van der Waals surface area contributed by atoms with Gasteiger partial charge in [0, 0.05) is 32.4 Å². The van der Waals surface area contributed by atoms with Gasteiger partial charge in [-0.15, -0.1) is 0 Å². The maximum atomic E-state index is 13.6. The average Bonchev–Trinajstić information content (AvgIpc) is 3.25. The van der Waals surface area contributed by atoms with E-state index in [1.807, 2.05) is 54.0 Å². The van der Waals surface area contributed by atoms with E-state index < -0.39 is 0 Å².